The number of nitrogens with zero attached hydrogens (tertiary/aromatic N) is 1. The lowest BCUT2D eigenvalue weighted by molar-refractivity contribution is -0.172. The van der Waals surface area contributed by atoms with Crippen LogP contribution in [0.1, 0.15) is 43.0 Å². The SMILES string of the molecule is CC(=O)OC1(CNC2CCC(O)CC2)CN(C(=O)c2ccc(F)c(F)c2Nc2ccc(I)cc2F)C1. The molecule has 0 bridgehead atoms. The number of carbonyl (C=O) groups is 2. The maximum Gasteiger partial charge on any atom is 0.303 e. The predicted octanol–water partition coefficient (Wildman–Crippen LogP) is 4.10. The van der Waals surface area contributed by atoms with E-state index >= 15 is 0 Å². The molecule has 11 heteroatoms. The highest BCUT2D eigenvalue weighted by molar-refractivity contribution is 14.1. The third-order valence-electron chi connectivity index (χ3n) is 6.53. The van der Waals surface area contributed by atoms with Gasteiger partial charge in [-0.05, 0) is 78.6 Å². The lowest BCUT2D eigenvalue weighted by Gasteiger charge is -2.49. The number of aliphatic hydroxyl groups is 1. The van der Waals surface area contributed by atoms with Crippen molar-refractivity contribution in [3.8, 4) is 0 Å². The highest BCUT2D eigenvalue weighted by Crippen LogP contribution is 2.33. The number of benzene rings is 2. The van der Waals surface area contributed by atoms with Crippen molar-refractivity contribution in [3.05, 3.63) is 56.9 Å². The molecule has 1 aliphatic heterocycles. The van der Waals surface area contributed by atoms with Crippen molar-refractivity contribution in [1.82, 2.24) is 10.2 Å². The number of ether oxygens (including phenoxy) is 1. The molecule has 7 nitrogen and oxygen atoms in total. The van der Waals surface area contributed by atoms with Gasteiger partial charge in [-0.2, -0.15) is 0 Å². The van der Waals surface area contributed by atoms with Gasteiger partial charge in [-0.1, -0.05) is 0 Å². The first-order valence-electron chi connectivity index (χ1n) is 11.7. The van der Waals surface area contributed by atoms with E-state index in [1.54, 1.807) is 6.07 Å². The van der Waals surface area contributed by atoms with Crippen LogP contribution < -0.4 is 10.6 Å². The van der Waals surface area contributed by atoms with Gasteiger partial charge in [0.2, 0.25) is 0 Å². The number of likely N-dealkylation sites (tertiary alicyclic amines) is 1. The molecule has 4 rings (SSSR count). The minimum absolute atomic E-state index is 0.0596. The van der Waals surface area contributed by atoms with Crippen molar-refractivity contribution >= 4 is 45.8 Å². The van der Waals surface area contributed by atoms with Crippen LogP contribution in [0, 0.1) is 21.0 Å². The van der Waals surface area contributed by atoms with Gasteiger partial charge in [0.1, 0.15) is 5.82 Å². The first-order chi connectivity index (χ1) is 17.1. The molecule has 3 N–H and O–H groups in total. The fourth-order valence-corrected chi connectivity index (χ4v) is 5.12. The lowest BCUT2D eigenvalue weighted by Crippen LogP contribution is -2.69. The summed E-state index contributed by atoms with van der Waals surface area (Å²) in [5, 5.41) is 15.6. The van der Waals surface area contributed by atoms with Crippen molar-refractivity contribution in [2.45, 2.75) is 50.4 Å². The summed E-state index contributed by atoms with van der Waals surface area (Å²) >= 11 is 1.92. The second-order valence-electron chi connectivity index (χ2n) is 9.36. The van der Waals surface area contributed by atoms with Gasteiger partial charge >= 0.3 is 5.97 Å². The fraction of sp³-hybridized carbons (Fsp3) is 0.440. The molecular weight excluding hydrogens is 590 g/mol. The number of halogens is 4. The third kappa shape index (κ3) is 5.94. The van der Waals surface area contributed by atoms with Crippen molar-refractivity contribution in [1.29, 1.82) is 0 Å². The van der Waals surface area contributed by atoms with Gasteiger partial charge in [0, 0.05) is 23.1 Å². The van der Waals surface area contributed by atoms with Crippen LogP contribution in [-0.4, -0.2) is 59.3 Å². The Balaban J connectivity index is 1.50. The van der Waals surface area contributed by atoms with Crippen LogP contribution in [0.25, 0.3) is 0 Å². The summed E-state index contributed by atoms with van der Waals surface area (Å²) in [6.45, 7) is 1.72. The molecule has 1 saturated carbocycles. The Hall–Kier alpha value is -2.38. The molecule has 1 heterocycles. The zero-order valence-corrected chi connectivity index (χ0v) is 21.8. The van der Waals surface area contributed by atoms with Crippen molar-refractivity contribution in [2.75, 3.05) is 25.0 Å². The number of nitrogens with one attached hydrogen (secondary N) is 2. The standard InChI is InChI=1S/C25H27F3IN3O4/c1-14(33)36-25(11-30-16-3-5-17(34)6-4-16)12-32(13-25)24(35)18-7-8-19(26)22(28)23(18)31-21-9-2-15(29)10-20(21)27/h2,7-10,16-17,30-31,34H,3-6,11-13H2,1H3. The second kappa shape index (κ2) is 10.9. The predicted molar refractivity (Wildman–Crippen MR) is 135 cm³/mol. The van der Waals surface area contributed by atoms with E-state index in [1.807, 2.05) is 22.6 Å². The van der Waals surface area contributed by atoms with Crippen LogP contribution >= 0.6 is 22.6 Å². The van der Waals surface area contributed by atoms with Crippen molar-refractivity contribution in [2.24, 2.45) is 0 Å². The Bertz CT molecular complexity index is 1150. The van der Waals surface area contributed by atoms with Gasteiger partial charge in [-0.3, -0.25) is 9.59 Å². The van der Waals surface area contributed by atoms with Gasteiger partial charge < -0.3 is 25.4 Å². The van der Waals surface area contributed by atoms with E-state index in [2.05, 4.69) is 10.6 Å². The Morgan fingerprint density at radius 2 is 1.81 bits per heavy atom. The number of aliphatic hydroxyl groups excluding tert-OH is 1. The molecule has 1 aliphatic carbocycles. The molecule has 2 aromatic carbocycles. The van der Waals surface area contributed by atoms with Gasteiger partial charge in [0.05, 0.1) is 36.1 Å². The van der Waals surface area contributed by atoms with E-state index in [0.29, 0.717) is 23.0 Å². The van der Waals surface area contributed by atoms with Crippen LogP contribution in [-0.2, 0) is 9.53 Å². The monoisotopic (exact) mass is 617 g/mol. The fourth-order valence-electron chi connectivity index (χ4n) is 4.67. The average Bonchev–Trinajstić information content (AvgIpc) is 2.80. The molecule has 1 amide bonds. The van der Waals surface area contributed by atoms with Gasteiger partial charge in [-0.15, -0.1) is 0 Å². The minimum atomic E-state index is -1.30. The Labute approximate surface area is 220 Å². The molecule has 194 valence electrons. The molecule has 0 atom stereocenters. The zero-order chi connectivity index (χ0) is 26.0. The van der Waals surface area contributed by atoms with E-state index in [9.17, 15) is 27.9 Å². The molecule has 0 radical (unpaired) electrons. The number of amides is 1. The average molecular weight is 617 g/mol. The summed E-state index contributed by atoms with van der Waals surface area (Å²) in [6, 6.07) is 6.34. The summed E-state index contributed by atoms with van der Waals surface area (Å²) in [5.74, 6) is -4.26. The Kier molecular flexibility index (Phi) is 8.10. The summed E-state index contributed by atoms with van der Waals surface area (Å²) < 4.78 is 49.3. The number of carbonyl (C=O) groups excluding carboxylic acids is 2. The molecule has 2 fully saturated rings. The van der Waals surface area contributed by atoms with Gasteiger partial charge in [0.15, 0.2) is 17.2 Å². The summed E-state index contributed by atoms with van der Waals surface area (Å²) in [5.41, 5.74) is -1.69. The zero-order valence-electron chi connectivity index (χ0n) is 19.6. The van der Waals surface area contributed by atoms with Crippen LogP contribution in [0.2, 0.25) is 0 Å². The highest BCUT2D eigenvalue weighted by Gasteiger charge is 2.49. The number of esters is 1. The Morgan fingerprint density at radius 3 is 2.44 bits per heavy atom. The van der Waals surface area contributed by atoms with Crippen LogP contribution in [0.3, 0.4) is 0 Å². The largest absolute Gasteiger partial charge is 0.454 e. The third-order valence-corrected chi connectivity index (χ3v) is 7.20. The van der Waals surface area contributed by atoms with Crippen LogP contribution in [0.5, 0.6) is 0 Å². The minimum Gasteiger partial charge on any atom is -0.454 e. The molecule has 36 heavy (non-hydrogen) atoms. The molecule has 2 aromatic rings. The van der Waals surface area contributed by atoms with E-state index in [4.69, 9.17) is 4.74 Å². The normalized spacial score (nSPS) is 21.0. The van der Waals surface area contributed by atoms with Crippen molar-refractivity contribution < 1.29 is 32.6 Å². The first kappa shape index (κ1) is 26.7. The number of hydrogen-bond acceptors (Lipinski definition) is 6. The number of rotatable bonds is 7. The maximum atomic E-state index is 14.8. The molecular formula is C25H27F3IN3O4. The second-order valence-corrected chi connectivity index (χ2v) is 10.6. The maximum absolute atomic E-state index is 14.8. The molecule has 0 unspecified atom stereocenters. The van der Waals surface area contributed by atoms with Crippen LogP contribution in [0.4, 0.5) is 24.5 Å². The summed E-state index contributed by atoms with van der Waals surface area (Å²) in [6.07, 6.45) is 2.66. The van der Waals surface area contributed by atoms with E-state index in [1.165, 1.54) is 24.0 Å². The molecule has 1 saturated heterocycles. The summed E-state index contributed by atoms with van der Waals surface area (Å²) in [4.78, 5) is 26.4. The van der Waals surface area contributed by atoms with Gasteiger partial charge in [0.25, 0.3) is 5.91 Å². The van der Waals surface area contributed by atoms with Crippen LogP contribution in [0.15, 0.2) is 30.3 Å². The quantitative estimate of drug-likeness (QED) is 0.321. The molecule has 2 aliphatic rings. The lowest BCUT2D eigenvalue weighted by atomic mass is 9.89. The number of hydrogen-bond donors (Lipinski definition) is 3. The highest BCUT2D eigenvalue weighted by atomic mass is 127. The topological polar surface area (TPSA) is 90.9 Å². The smallest absolute Gasteiger partial charge is 0.303 e. The Morgan fingerprint density at radius 1 is 1.11 bits per heavy atom. The molecule has 0 spiro atoms. The van der Waals surface area contributed by atoms with Gasteiger partial charge in [-0.25, -0.2) is 13.2 Å². The van der Waals surface area contributed by atoms with E-state index in [-0.39, 0.29) is 36.5 Å². The first-order valence-corrected chi connectivity index (χ1v) is 12.8. The van der Waals surface area contributed by atoms with E-state index in [0.717, 1.165) is 25.0 Å². The summed E-state index contributed by atoms with van der Waals surface area (Å²) in [7, 11) is 0. The molecule has 0 aromatic heterocycles. The van der Waals surface area contributed by atoms with Crippen molar-refractivity contribution in [3.63, 3.8) is 0 Å². The number of anilines is 2. The van der Waals surface area contributed by atoms with E-state index < -0.39 is 40.6 Å².